The largest absolute Gasteiger partial charge is 0.384 e. The second kappa shape index (κ2) is 10.0. The topological polar surface area (TPSA) is 88.2 Å². The third kappa shape index (κ3) is 4.92. The molecule has 2 aromatic heterocycles. The van der Waals surface area contributed by atoms with Gasteiger partial charge >= 0.3 is 0 Å². The van der Waals surface area contributed by atoms with E-state index in [0.717, 1.165) is 65.1 Å². The van der Waals surface area contributed by atoms with Gasteiger partial charge in [0.1, 0.15) is 12.1 Å². The number of hydrogen-bond donors (Lipinski definition) is 1. The first kappa shape index (κ1) is 23.4. The Morgan fingerprint density at radius 3 is 2.65 bits per heavy atom. The lowest BCUT2D eigenvalue weighted by molar-refractivity contribution is 0.0782. The molecule has 1 amide bonds. The molecule has 2 N–H and O–H groups in total. The molecule has 7 heteroatoms. The van der Waals surface area contributed by atoms with Crippen LogP contribution in [0.4, 0.5) is 5.82 Å². The Morgan fingerprint density at radius 1 is 1.18 bits per heavy atom. The number of anilines is 1. The molecule has 3 heterocycles. The van der Waals surface area contributed by atoms with E-state index in [2.05, 4.69) is 45.8 Å². The van der Waals surface area contributed by atoms with Gasteiger partial charge < -0.3 is 15.5 Å². The summed E-state index contributed by atoms with van der Waals surface area (Å²) in [5.41, 5.74) is 11.4. The maximum atomic E-state index is 13.2. The molecule has 34 heavy (non-hydrogen) atoms. The number of aryl methyl sites for hydroxylation is 2. The van der Waals surface area contributed by atoms with Gasteiger partial charge in [0.25, 0.3) is 5.91 Å². The molecule has 3 aromatic rings. The summed E-state index contributed by atoms with van der Waals surface area (Å²) in [5.74, 6) is 6.95. The number of benzene rings is 1. The Balaban J connectivity index is 1.66. The molecule has 1 atom stereocenters. The smallest absolute Gasteiger partial charge is 0.254 e. The van der Waals surface area contributed by atoms with Crippen LogP contribution < -0.4 is 5.73 Å². The van der Waals surface area contributed by atoms with Gasteiger partial charge in [0.15, 0.2) is 0 Å². The van der Waals surface area contributed by atoms with Crippen molar-refractivity contribution >= 4 is 11.7 Å². The van der Waals surface area contributed by atoms with Gasteiger partial charge in [0.2, 0.25) is 0 Å². The minimum absolute atomic E-state index is 0.0844. The predicted octanol–water partition coefficient (Wildman–Crippen LogP) is 3.17. The fourth-order valence-electron chi connectivity index (χ4n) is 4.22. The highest BCUT2D eigenvalue weighted by atomic mass is 16.2. The number of likely N-dealkylation sites (tertiary alicyclic amines) is 1. The number of nitrogens with two attached hydrogens (primary N) is 1. The maximum Gasteiger partial charge on any atom is 0.254 e. The third-order valence-electron chi connectivity index (χ3n) is 6.29. The van der Waals surface area contributed by atoms with Crippen LogP contribution in [0, 0.1) is 18.8 Å². The van der Waals surface area contributed by atoms with Gasteiger partial charge in [-0.3, -0.25) is 4.79 Å². The fraction of sp³-hybridized carbons (Fsp3) is 0.333. The minimum Gasteiger partial charge on any atom is -0.384 e. The zero-order valence-electron chi connectivity index (χ0n) is 20.2. The van der Waals surface area contributed by atoms with Gasteiger partial charge in [-0.1, -0.05) is 24.8 Å². The van der Waals surface area contributed by atoms with E-state index in [-0.39, 0.29) is 5.91 Å². The average molecular weight is 455 g/mol. The van der Waals surface area contributed by atoms with Crippen LogP contribution >= 0.6 is 0 Å². The van der Waals surface area contributed by atoms with E-state index in [0.29, 0.717) is 11.9 Å². The first-order valence-electron chi connectivity index (χ1n) is 11.5. The number of aromatic nitrogens is 3. The van der Waals surface area contributed by atoms with Crippen molar-refractivity contribution in [2.75, 3.05) is 32.9 Å². The molecule has 7 nitrogen and oxygen atoms in total. The van der Waals surface area contributed by atoms with Gasteiger partial charge in [-0.05, 0) is 63.7 Å². The highest BCUT2D eigenvalue weighted by Gasteiger charge is 2.28. The lowest BCUT2D eigenvalue weighted by Gasteiger charge is -2.21. The van der Waals surface area contributed by atoms with E-state index in [9.17, 15) is 4.79 Å². The second-order valence-corrected chi connectivity index (χ2v) is 8.81. The number of likely N-dealkylation sites (N-methyl/N-ethyl adjacent to an activating group) is 1. The third-order valence-corrected chi connectivity index (χ3v) is 6.29. The summed E-state index contributed by atoms with van der Waals surface area (Å²) in [4.78, 5) is 30.4. The van der Waals surface area contributed by atoms with Gasteiger partial charge in [-0.25, -0.2) is 15.0 Å². The first-order valence-corrected chi connectivity index (χ1v) is 11.5. The van der Waals surface area contributed by atoms with Crippen molar-refractivity contribution in [2.24, 2.45) is 0 Å². The van der Waals surface area contributed by atoms with Crippen molar-refractivity contribution in [3.8, 4) is 23.1 Å². The number of carbonyl (C=O) groups is 1. The van der Waals surface area contributed by atoms with Crippen LogP contribution in [-0.4, -0.2) is 63.9 Å². The lowest BCUT2D eigenvalue weighted by atomic mass is 9.98. The summed E-state index contributed by atoms with van der Waals surface area (Å²) >= 11 is 0. The molecule has 1 saturated heterocycles. The molecule has 0 unspecified atom stereocenters. The monoisotopic (exact) mass is 454 g/mol. The first-order chi connectivity index (χ1) is 16.4. The van der Waals surface area contributed by atoms with Crippen molar-refractivity contribution < 1.29 is 4.79 Å². The SMILES string of the molecule is CCc1ncnc(-c2ccc(C(=O)N3CC[C@@H](N(C)C)C3)c(C)c2)c1C#Cc1ccc(N)nc1. The van der Waals surface area contributed by atoms with Crippen molar-refractivity contribution in [3.63, 3.8) is 0 Å². The Kier molecular flexibility index (Phi) is 6.90. The normalized spacial score (nSPS) is 15.3. The number of nitrogen functional groups attached to an aromatic ring is 1. The molecule has 0 aliphatic carbocycles. The van der Waals surface area contributed by atoms with Gasteiger partial charge in [0.05, 0.1) is 17.0 Å². The van der Waals surface area contributed by atoms with Crippen molar-refractivity contribution in [1.82, 2.24) is 24.8 Å². The number of hydrogen-bond acceptors (Lipinski definition) is 6. The highest BCUT2D eigenvalue weighted by molar-refractivity contribution is 5.96. The van der Waals surface area contributed by atoms with Gasteiger partial charge in [0, 0.05) is 42.0 Å². The standard InChI is InChI=1S/C27H30N6O/c1-5-24-23(9-6-19-7-11-25(28)29-15-19)26(31-17-30-24)20-8-10-22(18(2)14-20)27(34)33-13-12-21(16-33)32(3)4/h7-8,10-11,14-15,17,21H,5,12-13,16H2,1-4H3,(H2,28,29)/t21-/m1/s1. The summed E-state index contributed by atoms with van der Waals surface area (Å²) in [6.45, 7) is 5.57. The van der Waals surface area contributed by atoms with E-state index in [1.165, 1.54) is 0 Å². The molecular formula is C27H30N6O. The highest BCUT2D eigenvalue weighted by Crippen LogP contribution is 2.26. The summed E-state index contributed by atoms with van der Waals surface area (Å²) in [6, 6.07) is 9.86. The Morgan fingerprint density at radius 2 is 2.00 bits per heavy atom. The van der Waals surface area contributed by atoms with E-state index in [1.807, 2.05) is 43.0 Å². The second-order valence-electron chi connectivity index (χ2n) is 8.81. The fourth-order valence-corrected chi connectivity index (χ4v) is 4.22. The average Bonchev–Trinajstić information content (AvgIpc) is 3.34. The number of pyridine rings is 1. The summed E-state index contributed by atoms with van der Waals surface area (Å²) in [7, 11) is 4.13. The van der Waals surface area contributed by atoms with Gasteiger partial charge in [-0.15, -0.1) is 0 Å². The van der Waals surface area contributed by atoms with E-state index < -0.39 is 0 Å². The predicted molar refractivity (Wildman–Crippen MR) is 134 cm³/mol. The molecule has 0 spiro atoms. The number of rotatable bonds is 4. The molecule has 1 aliphatic heterocycles. The molecule has 0 saturated carbocycles. The Labute approximate surface area is 201 Å². The number of carbonyl (C=O) groups excluding carboxylic acids is 1. The van der Waals surface area contributed by atoms with Crippen LogP contribution in [0.2, 0.25) is 0 Å². The molecule has 4 rings (SSSR count). The van der Waals surface area contributed by atoms with Crippen molar-refractivity contribution in [2.45, 2.75) is 32.7 Å². The molecule has 0 radical (unpaired) electrons. The number of nitrogens with zero attached hydrogens (tertiary/aromatic N) is 5. The van der Waals surface area contributed by atoms with Crippen LogP contribution in [-0.2, 0) is 6.42 Å². The van der Waals surface area contributed by atoms with Crippen LogP contribution in [0.15, 0.2) is 42.9 Å². The van der Waals surface area contributed by atoms with E-state index >= 15 is 0 Å². The zero-order valence-corrected chi connectivity index (χ0v) is 20.2. The van der Waals surface area contributed by atoms with E-state index in [4.69, 9.17) is 5.73 Å². The summed E-state index contributed by atoms with van der Waals surface area (Å²) in [5, 5.41) is 0. The molecule has 0 bridgehead atoms. The molecule has 1 aliphatic rings. The van der Waals surface area contributed by atoms with Crippen LogP contribution in [0.25, 0.3) is 11.3 Å². The lowest BCUT2D eigenvalue weighted by Crippen LogP contribution is -2.34. The number of amides is 1. The molecule has 1 fully saturated rings. The summed E-state index contributed by atoms with van der Waals surface area (Å²) < 4.78 is 0. The quantitative estimate of drug-likeness (QED) is 0.609. The minimum atomic E-state index is 0.0844. The Hall–Kier alpha value is -3.76. The van der Waals surface area contributed by atoms with E-state index in [1.54, 1.807) is 18.6 Å². The molecule has 1 aromatic carbocycles. The Bertz CT molecular complexity index is 1260. The van der Waals surface area contributed by atoms with Crippen LogP contribution in [0.3, 0.4) is 0 Å². The zero-order chi connectivity index (χ0) is 24.2. The van der Waals surface area contributed by atoms with Crippen molar-refractivity contribution in [1.29, 1.82) is 0 Å². The summed E-state index contributed by atoms with van der Waals surface area (Å²) in [6.07, 6.45) is 4.96. The molecule has 174 valence electrons. The van der Waals surface area contributed by atoms with Crippen LogP contribution in [0.1, 0.15) is 46.1 Å². The molecular weight excluding hydrogens is 424 g/mol. The van der Waals surface area contributed by atoms with Crippen LogP contribution in [0.5, 0.6) is 0 Å². The van der Waals surface area contributed by atoms with Crippen molar-refractivity contribution in [3.05, 3.63) is 70.8 Å². The maximum absolute atomic E-state index is 13.2. The van der Waals surface area contributed by atoms with Gasteiger partial charge in [-0.2, -0.15) is 0 Å².